The van der Waals surface area contributed by atoms with Gasteiger partial charge in [-0.1, -0.05) is 36.4 Å². The van der Waals surface area contributed by atoms with Crippen molar-refractivity contribution in [3.63, 3.8) is 0 Å². The van der Waals surface area contributed by atoms with Gasteiger partial charge in [0.15, 0.2) is 0 Å². The molecule has 204 valence electrons. The summed E-state index contributed by atoms with van der Waals surface area (Å²) >= 11 is 1.62. The molecule has 0 saturated carbocycles. The van der Waals surface area contributed by atoms with Gasteiger partial charge >= 0.3 is 0 Å². The first kappa shape index (κ1) is 26.3. The van der Waals surface area contributed by atoms with Gasteiger partial charge in [-0.05, 0) is 67.3 Å². The van der Waals surface area contributed by atoms with Crippen LogP contribution in [0.25, 0.3) is 0 Å². The maximum absolute atomic E-state index is 13.3. The Balaban J connectivity index is 1.18. The lowest BCUT2D eigenvalue weighted by Gasteiger charge is -2.23. The third-order valence-electron chi connectivity index (χ3n) is 7.93. The van der Waals surface area contributed by atoms with Crippen LogP contribution in [-0.2, 0) is 47.5 Å². The van der Waals surface area contributed by atoms with E-state index in [4.69, 9.17) is 0 Å². The number of carbonyl (C=O) groups excluding carboxylic acids is 2. The van der Waals surface area contributed by atoms with Gasteiger partial charge in [-0.2, -0.15) is 0 Å². The summed E-state index contributed by atoms with van der Waals surface area (Å²) in [5, 5.41) is 9.30. The number of carbonyl (C=O) groups is 2. The van der Waals surface area contributed by atoms with Gasteiger partial charge in [0.25, 0.3) is 0 Å². The summed E-state index contributed by atoms with van der Waals surface area (Å²) in [5.74, 6) is 0.565. The van der Waals surface area contributed by atoms with Gasteiger partial charge in [0.2, 0.25) is 11.8 Å². The predicted octanol–water partition coefficient (Wildman–Crippen LogP) is 4.20. The Bertz CT molecular complexity index is 1580. The minimum absolute atomic E-state index is 0.00508. The second kappa shape index (κ2) is 10.9. The molecule has 3 heterocycles. The van der Waals surface area contributed by atoms with E-state index >= 15 is 0 Å². The van der Waals surface area contributed by atoms with Crippen LogP contribution in [0.1, 0.15) is 38.4 Å². The summed E-state index contributed by atoms with van der Waals surface area (Å²) in [7, 11) is 1.94. The summed E-state index contributed by atoms with van der Waals surface area (Å²) in [6.45, 7) is 4.29. The molecule has 0 saturated heterocycles. The molecule has 6 rings (SSSR count). The Labute approximate surface area is 237 Å². The third kappa shape index (κ3) is 5.03. The molecule has 0 bridgehead atoms. The van der Waals surface area contributed by atoms with Gasteiger partial charge < -0.3 is 16.0 Å². The average Bonchev–Trinajstić information content (AvgIpc) is 3.60. The molecule has 8 nitrogen and oxygen atoms in total. The Morgan fingerprint density at radius 2 is 1.88 bits per heavy atom. The molecule has 2 aromatic heterocycles. The molecule has 4 aromatic rings. The van der Waals surface area contributed by atoms with E-state index in [2.05, 4.69) is 49.9 Å². The first-order chi connectivity index (χ1) is 19.4. The summed E-state index contributed by atoms with van der Waals surface area (Å²) in [6.07, 6.45) is 2.92. The van der Waals surface area contributed by atoms with Crippen molar-refractivity contribution in [1.29, 1.82) is 0 Å². The fraction of sp³-hybridized carbons (Fsp3) is 0.290. The lowest BCUT2D eigenvalue weighted by atomic mass is 9.79. The molecule has 1 aliphatic heterocycles. The second-order valence-electron chi connectivity index (χ2n) is 10.6. The number of fused-ring (bicyclic) bond motifs is 3. The minimum Gasteiger partial charge on any atom is -0.325 e. The van der Waals surface area contributed by atoms with Gasteiger partial charge in [-0.3, -0.25) is 14.5 Å². The van der Waals surface area contributed by atoms with Crippen LogP contribution < -0.4 is 16.0 Å². The maximum Gasteiger partial charge on any atom is 0.238 e. The molecular formula is C31H32N6O2S. The van der Waals surface area contributed by atoms with Gasteiger partial charge in [0, 0.05) is 42.0 Å². The molecular weight excluding hydrogens is 520 g/mol. The number of nitrogens with zero attached hydrogens (tertiary/aromatic N) is 3. The van der Waals surface area contributed by atoms with Crippen LogP contribution in [0.4, 0.5) is 11.5 Å². The van der Waals surface area contributed by atoms with Crippen molar-refractivity contribution in [2.45, 2.75) is 44.8 Å². The number of hydrogen-bond acceptors (Lipinski definition) is 7. The quantitative estimate of drug-likeness (QED) is 0.288. The fourth-order valence-corrected chi connectivity index (χ4v) is 6.52. The highest BCUT2D eigenvalue weighted by Gasteiger charge is 2.51. The zero-order valence-electron chi connectivity index (χ0n) is 22.7. The molecule has 1 spiro atoms. The second-order valence-corrected chi connectivity index (χ2v) is 11.7. The largest absolute Gasteiger partial charge is 0.325 e. The van der Waals surface area contributed by atoms with Gasteiger partial charge in [-0.15, -0.1) is 11.3 Å². The molecule has 2 aromatic carbocycles. The van der Waals surface area contributed by atoms with Crippen molar-refractivity contribution < 1.29 is 9.59 Å². The van der Waals surface area contributed by atoms with E-state index in [-0.39, 0.29) is 18.4 Å². The van der Waals surface area contributed by atoms with Crippen molar-refractivity contribution in [2.75, 3.05) is 24.2 Å². The maximum atomic E-state index is 13.3. The van der Waals surface area contributed by atoms with Crippen LogP contribution in [0.15, 0.2) is 66.3 Å². The molecule has 9 heteroatoms. The number of thiazole rings is 1. The molecule has 1 atom stereocenters. The van der Waals surface area contributed by atoms with Gasteiger partial charge in [0.1, 0.15) is 5.82 Å². The van der Waals surface area contributed by atoms with Crippen LogP contribution in [0.5, 0.6) is 0 Å². The molecule has 0 radical (unpaired) electrons. The van der Waals surface area contributed by atoms with E-state index in [1.165, 1.54) is 11.1 Å². The van der Waals surface area contributed by atoms with Crippen LogP contribution in [0.2, 0.25) is 0 Å². The molecule has 3 N–H and O–H groups in total. The molecule has 2 aliphatic rings. The first-order valence-electron chi connectivity index (χ1n) is 13.5. The van der Waals surface area contributed by atoms with Crippen LogP contribution in [0, 0.1) is 6.92 Å². The van der Waals surface area contributed by atoms with Crippen molar-refractivity contribution >= 4 is 34.7 Å². The molecule has 1 aliphatic carbocycles. The SMILES string of the molecule is CNCc1ccccc1CN(CC(=O)Nc1ccc2c(c1)CC1(C2)C(=O)Nc2ncccc21)Cc1ncsc1C. The topological polar surface area (TPSA) is 99.2 Å². The Hall–Kier alpha value is -3.92. The van der Waals surface area contributed by atoms with Gasteiger partial charge in [0.05, 0.1) is 23.2 Å². The average molecular weight is 553 g/mol. The molecule has 2 amide bonds. The van der Waals surface area contributed by atoms with E-state index < -0.39 is 5.41 Å². The predicted molar refractivity (Wildman–Crippen MR) is 157 cm³/mol. The van der Waals surface area contributed by atoms with Crippen molar-refractivity contribution in [3.05, 3.63) is 105 Å². The zero-order valence-corrected chi connectivity index (χ0v) is 23.5. The van der Waals surface area contributed by atoms with Gasteiger partial charge in [-0.25, -0.2) is 9.97 Å². The molecule has 0 fully saturated rings. The van der Waals surface area contributed by atoms with Crippen molar-refractivity contribution in [1.82, 2.24) is 20.2 Å². The minimum atomic E-state index is -0.627. The number of hydrogen-bond donors (Lipinski definition) is 3. The summed E-state index contributed by atoms with van der Waals surface area (Å²) in [4.78, 5) is 38.6. The number of aromatic nitrogens is 2. The summed E-state index contributed by atoms with van der Waals surface area (Å²) in [6, 6.07) is 18.2. The Morgan fingerprint density at radius 1 is 1.05 bits per heavy atom. The van der Waals surface area contributed by atoms with E-state index in [0.29, 0.717) is 31.7 Å². The zero-order chi connectivity index (χ0) is 27.7. The standard InChI is InChI=1S/C31H32N6O2S/c1-20-27(34-19-40-20)17-37(16-23-7-4-3-6-22(23)15-32-2)18-28(38)35-25-10-9-21-13-31(14-24(21)12-25)26-8-5-11-33-29(26)36-30(31)39/h3-12,19,32H,13-18H2,1-2H3,(H,35,38)(H,33,36,39). The lowest BCUT2D eigenvalue weighted by Crippen LogP contribution is -2.35. The highest BCUT2D eigenvalue weighted by molar-refractivity contribution is 7.09. The number of pyridine rings is 1. The van der Waals surface area contributed by atoms with Crippen molar-refractivity contribution in [2.24, 2.45) is 0 Å². The molecule has 40 heavy (non-hydrogen) atoms. The molecule has 1 unspecified atom stereocenters. The number of anilines is 2. The number of aryl methyl sites for hydroxylation is 1. The van der Waals surface area contributed by atoms with Crippen LogP contribution >= 0.6 is 11.3 Å². The number of benzene rings is 2. The van der Waals surface area contributed by atoms with Crippen LogP contribution in [-0.4, -0.2) is 40.3 Å². The van der Waals surface area contributed by atoms with Crippen LogP contribution in [0.3, 0.4) is 0 Å². The highest BCUT2D eigenvalue weighted by atomic mass is 32.1. The van der Waals surface area contributed by atoms with E-state index in [1.807, 2.05) is 55.0 Å². The fourth-order valence-electron chi connectivity index (χ4n) is 5.92. The number of nitrogens with one attached hydrogen (secondary N) is 3. The smallest absolute Gasteiger partial charge is 0.238 e. The normalized spacial score (nSPS) is 17.2. The summed E-state index contributed by atoms with van der Waals surface area (Å²) in [5.41, 5.74) is 8.53. The number of rotatable bonds is 9. The monoisotopic (exact) mass is 552 g/mol. The Kier molecular flexibility index (Phi) is 7.18. The Morgan fingerprint density at radius 3 is 2.67 bits per heavy atom. The summed E-state index contributed by atoms with van der Waals surface area (Å²) < 4.78 is 0. The first-order valence-corrected chi connectivity index (χ1v) is 14.3. The lowest BCUT2D eigenvalue weighted by molar-refractivity contribution is -0.120. The van der Waals surface area contributed by atoms with E-state index in [0.717, 1.165) is 39.5 Å². The third-order valence-corrected chi connectivity index (χ3v) is 8.73. The highest BCUT2D eigenvalue weighted by Crippen LogP contribution is 2.46. The number of amides is 2. The van der Waals surface area contributed by atoms with Crippen molar-refractivity contribution in [3.8, 4) is 0 Å². The van der Waals surface area contributed by atoms with E-state index in [1.54, 1.807) is 17.5 Å². The van der Waals surface area contributed by atoms with E-state index in [9.17, 15) is 9.59 Å².